The van der Waals surface area contributed by atoms with E-state index in [1.807, 2.05) is 24.0 Å². The summed E-state index contributed by atoms with van der Waals surface area (Å²) in [5.41, 5.74) is 3.54. The van der Waals surface area contributed by atoms with E-state index in [0.717, 1.165) is 55.7 Å². The fourth-order valence-electron chi connectivity index (χ4n) is 4.55. The number of amides is 1. The number of ether oxygens (including phenoxy) is 1. The van der Waals surface area contributed by atoms with Gasteiger partial charge in [-0.3, -0.25) is 4.79 Å². The summed E-state index contributed by atoms with van der Waals surface area (Å²) < 4.78 is 18.6. The maximum Gasteiger partial charge on any atom is 0.326 e. The summed E-state index contributed by atoms with van der Waals surface area (Å²) in [6.07, 6.45) is 4.39. The van der Waals surface area contributed by atoms with Crippen LogP contribution in [0.5, 0.6) is 0 Å². The number of aromatic nitrogens is 1. The maximum atomic E-state index is 13.4. The van der Waals surface area contributed by atoms with Crippen molar-refractivity contribution < 1.29 is 23.8 Å². The number of nitrogens with zero attached hydrogens (tertiary/aromatic N) is 2. The SMILES string of the molecule is COC(CF)CN(CCCCc1ccc2c(n1)NCCC2)CCC(NC(=O)c1ccccc1C)C(=O)O. The third kappa shape index (κ3) is 8.79. The molecular formula is C28H39FN4O4. The van der Waals surface area contributed by atoms with E-state index in [-0.39, 0.29) is 6.42 Å². The summed E-state index contributed by atoms with van der Waals surface area (Å²) in [5.74, 6) is -0.519. The quantitative estimate of drug-likeness (QED) is 0.312. The van der Waals surface area contributed by atoms with Crippen LogP contribution in [-0.2, 0) is 22.4 Å². The van der Waals surface area contributed by atoms with Crippen LogP contribution in [0.2, 0.25) is 0 Å². The molecule has 1 aliphatic heterocycles. The Labute approximate surface area is 218 Å². The zero-order valence-corrected chi connectivity index (χ0v) is 21.8. The number of carbonyl (C=O) groups excluding carboxylic acids is 1. The van der Waals surface area contributed by atoms with E-state index >= 15 is 0 Å². The number of unbranched alkanes of at least 4 members (excludes halogenated alkanes) is 1. The maximum absolute atomic E-state index is 13.4. The van der Waals surface area contributed by atoms with E-state index in [9.17, 15) is 19.1 Å². The molecule has 8 nitrogen and oxygen atoms in total. The molecule has 1 aromatic heterocycles. The van der Waals surface area contributed by atoms with Crippen molar-refractivity contribution in [3.63, 3.8) is 0 Å². The van der Waals surface area contributed by atoms with Gasteiger partial charge in [-0.2, -0.15) is 0 Å². The van der Waals surface area contributed by atoms with Crippen LogP contribution in [0.15, 0.2) is 36.4 Å². The number of fused-ring (bicyclic) bond motifs is 1. The molecule has 1 aromatic carbocycles. The molecule has 0 radical (unpaired) electrons. The molecule has 9 heteroatoms. The van der Waals surface area contributed by atoms with Gasteiger partial charge in [-0.15, -0.1) is 0 Å². The number of pyridine rings is 1. The van der Waals surface area contributed by atoms with Crippen molar-refractivity contribution in [2.45, 2.75) is 57.6 Å². The number of anilines is 1. The molecule has 37 heavy (non-hydrogen) atoms. The summed E-state index contributed by atoms with van der Waals surface area (Å²) >= 11 is 0. The Morgan fingerprint density at radius 3 is 2.76 bits per heavy atom. The molecule has 0 spiro atoms. The molecule has 0 aliphatic carbocycles. The van der Waals surface area contributed by atoms with Crippen LogP contribution in [0.3, 0.4) is 0 Å². The Hall–Kier alpha value is -3.04. The van der Waals surface area contributed by atoms with Crippen LogP contribution in [0.4, 0.5) is 10.2 Å². The average molecular weight is 515 g/mol. The van der Waals surface area contributed by atoms with Gasteiger partial charge in [-0.25, -0.2) is 14.2 Å². The lowest BCUT2D eigenvalue weighted by Crippen LogP contribution is -2.44. The Morgan fingerprint density at radius 1 is 1.22 bits per heavy atom. The molecule has 3 N–H and O–H groups in total. The molecule has 0 saturated heterocycles. The van der Waals surface area contributed by atoms with Gasteiger partial charge in [0.1, 0.15) is 18.5 Å². The summed E-state index contributed by atoms with van der Waals surface area (Å²) in [4.78, 5) is 31.3. The number of methoxy groups -OCH3 is 1. The summed E-state index contributed by atoms with van der Waals surface area (Å²) in [5, 5.41) is 15.7. The van der Waals surface area contributed by atoms with Gasteiger partial charge < -0.3 is 25.4 Å². The van der Waals surface area contributed by atoms with Gasteiger partial charge in [0, 0.05) is 38.0 Å². The van der Waals surface area contributed by atoms with Gasteiger partial charge in [-0.05, 0) is 75.3 Å². The molecule has 2 unspecified atom stereocenters. The number of benzene rings is 1. The Bertz CT molecular complexity index is 1030. The number of rotatable bonds is 15. The lowest BCUT2D eigenvalue weighted by atomic mass is 10.1. The zero-order valence-electron chi connectivity index (χ0n) is 21.8. The molecular weight excluding hydrogens is 475 g/mol. The number of carboxylic acids is 1. The van der Waals surface area contributed by atoms with Gasteiger partial charge in [0.15, 0.2) is 0 Å². The minimum atomic E-state index is -1.09. The molecule has 0 bridgehead atoms. The van der Waals surface area contributed by atoms with Crippen LogP contribution in [0.25, 0.3) is 0 Å². The highest BCUT2D eigenvalue weighted by atomic mass is 19.1. The molecule has 2 aromatic rings. The van der Waals surface area contributed by atoms with Crippen LogP contribution < -0.4 is 10.6 Å². The highest BCUT2D eigenvalue weighted by Gasteiger charge is 2.23. The fraction of sp³-hybridized carbons (Fsp3) is 0.536. The van der Waals surface area contributed by atoms with Crippen LogP contribution in [0, 0.1) is 6.92 Å². The molecule has 2 heterocycles. The highest BCUT2D eigenvalue weighted by molar-refractivity contribution is 5.97. The summed E-state index contributed by atoms with van der Waals surface area (Å²) in [6.45, 7) is 3.56. The van der Waals surface area contributed by atoms with Crippen molar-refractivity contribution in [3.05, 3.63) is 58.8 Å². The minimum Gasteiger partial charge on any atom is -0.480 e. The normalized spacial score (nSPS) is 14.5. The summed E-state index contributed by atoms with van der Waals surface area (Å²) in [6, 6.07) is 10.2. The number of hydrogen-bond donors (Lipinski definition) is 3. The number of carbonyl (C=O) groups is 2. The van der Waals surface area contributed by atoms with Crippen LogP contribution >= 0.6 is 0 Å². The van der Waals surface area contributed by atoms with Crippen molar-refractivity contribution >= 4 is 17.7 Å². The predicted molar refractivity (Wildman–Crippen MR) is 142 cm³/mol. The molecule has 3 rings (SSSR count). The van der Waals surface area contributed by atoms with Gasteiger partial charge >= 0.3 is 5.97 Å². The van der Waals surface area contributed by atoms with E-state index in [2.05, 4.69) is 22.8 Å². The first kappa shape index (κ1) is 28.5. The third-order valence-corrected chi connectivity index (χ3v) is 6.80. The lowest BCUT2D eigenvalue weighted by Gasteiger charge is -2.27. The number of nitrogens with one attached hydrogen (secondary N) is 2. The van der Waals surface area contributed by atoms with Crippen LogP contribution in [-0.4, -0.2) is 79.0 Å². The fourth-order valence-corrected chi connectivity index (χ4v) is 4.55. The van der Waals surface area contributed by atoms with Crippen molar-refractivity contribution in [1.82, 2.24) is 15.2 Å². The number of hydrogen-bond acceptors (Lipinski definition) is 6. The van der Waals surface area contributed by atoms with Gasteiger partial charge in [0.05, 0.1) is 6.10 Å². The van der Waals surface area contributed by atoms with E-state index in [1.165, 1.54) is 12.7 Å². The Morgan fingerprint density at radius 2 is 2.03 bits per heavy atom. The minimum absolute atomic E-state index is 0.202. The number of aliphatic carboxylic acids is 1. The van der Waals surface area contributed by atoms with Gasteiger partial charge in [0.2, 0.25) is 0 Å². The second kappa shape index (κ2) is 14.6. The molecule has 1 amide bonds. The standard InChI is InChI=1S/C28H39FN4O4/c1-20-8-3-4-11-24(20)27(34)32-25(28(35)36)14-17-33(19-23(18-29)37-2)16-6-5-10-22-13-12-21-9-7-15-30-26(21)31-22/h3-4,8,11-13,23,25H,5-7,9-10,14-19H2,1-2H3,(H,30,31)(H,32,34)(H,35,36). The van der Waals surface area contributed by atoms with Crippen molar-refractivity contribution in [2.75, 3.05) is 45.3 Å². The third-order valence-electron chi connectivity index (χ3n) is 6.80. The van der Waals surface area contributed by atoms with Crippen molar-refractivity contribution in [3.8, 4) is 0 Å². The zero-order chi connectivity index (χ0) is 26.6. The monoisotopic (exact) mass is 514 g/mol. The van der Waals surface area contributed by atoms with Crippen molar-refractivity contribution in [2.24, 2.45) is 0 Å². The lowest BCUT2D eigenvalue weighted by molar-refractivity contribution is -0.139. The van der Waals surface area contributed by atoms with Crippen LogP contribution in [0.1, 0.15) is 52.9 Å². The second-order valence-corrected chi connectivity index (χ2v) is 9.58. The van der Waals surface area contributed by atoms with E-state index in [4.69, 9.17) is 9.72 Å². The Kier molecular flexibility index (Phi) is 11.3. The van der Waals surface area contributed by atoms with E-state index in [1.54, 1.807) is 12.1 Å². The average Bonchev–Trinajstić information content (AvgIpc) is 2.91. The molecule has 0 saturated carbocycles. The summed E-state index contributed by atoms with van der Waals surface area (Å²) in [7, 11) is 1.47. The van der Waals surface area contributed by atoms with E-state index in [0.29, 0.717) is 25.2 Å². The second-order valence-electron chi connectivity index (χ2n) is 9.58. The molecule has 1 aliphatic rings. The largest absolute Gasteiger partial charge is 0.480 e. The van der Waals surface area contributed by atoms with E-state index < -0.39 is 30.7 Å². The first-order valence-corrected chi connectivity index (χ1v) is 13.0. The Balaban J connectivity index is 1.54. The molecule has 202 valence electrons. The first-order chi connectivity index (χ1) is 17.9. The van der Waals surface area contributed by atoms with Gasteiger partial charge in [-0.1, -0.05) is 24.3 Å². The number of alkyl halides is 1. The smallest absolute Gasteiger partial charge is 0.326 e. The predicted octanol–water partition coefficient (Wildman–Crippen LogP) is 3.63. The van der Waals surface area contributed by atoms with Gasteiger partial charge in [0.25, 0.3) is 5.91 Å². The topological polar surface area (TPSA) is 104 Å². The number of carboxylic acid groups (broad SMARTS) is 1. The van der Waals surface area contributed by atoms with Crippen molar-refractivity contribution in [1.29, 1.82) is 0 Å². The molecule has 0 fully saturated rings. The first-order valence-electron chi connectivity index (χ1n) is 13.0. The number of halogens is 1. The number of aryl methyl sites for hydroxylation is 3. The molecule has 2 atom stereocenters. The highest BCUT2D eigenvalue weighted by Crippen LogP contribution is 2.20.